The molecule has 0 radical (unpaired) electrons. The topological polar surface area (TPSA) is 220 Å². The van der Waals surface area contributed by atoms with Crippen LogP contribution in [0.3, 0.4) is 0 Å². The molecule has 0 heterocycles. The third kappa shape index (κ3) is 14.6. The van der Waals surface area contributed by atoms with E-state index < -0.39 is 19.7 Å². The minimum absolute atomic E-state index is 0. The molecule has 0 aliphatic carbocycles. The summed E-state index contributed by atoms with van der Waals surface area (Å²) < 4.78 is 52.3. The molecule has 10 N–H and O–H groups in total. The Labute approximate surface area is 242 Å². The zero-order valence-electron chi connectivity index (χ0n) is 22.1. The van der Waals surface area contributed by atoms with Gasteiger partial charge in [0.05, 0.1) is 20.1 Å². The van der Waals surface area contributed by atoms with E-state index >= 15 is 0 Å². The number of unbranched alkanes of at least 4 members (excludes halogenated alkanes) is 9. The standard InChI is InChI=1S/C26H37NO4S2.4H2O.Ti/c1-2-3-4-5-6-7-8-9-10-12-17-26(22-32(28,29)24-15-13-11-14-16-24)33(30,31)25-20-18-23(27)19-21-25;;;;;/h11,13-16,18-22H,2-10,12,17,27H2,1H3;4*1H2;/b26-22-;;;;;. The molecule has 0 saturated heterocycles. The largest absolute Gasteiger partial charge is 0.412 e. The molecule has 0 amide bonds. The van der Waals surface area contributed by atoms with Gasteiger partial charge in [0.15, 0.2) is 0 Å². The first-order chi connectivity index (χ1) is 15.8. The van der Waals surface area contributed by atoms with Crippen molar-refractivity contribution in [2.75, 3.05) is 5.73 Å². The van der Waals surface area contributed by atoms with Crippen LogP contribution in [0.1, 0.15) is 77.6 Å². The van der Waals surface area contributed by atoms with Gasteiger partial charge in [-0.2, -0.15) is 0 Å². The van der Waals surface area contributed by atoms with Gasteiger partial charge in [-0.25, -0.2) is 16.8 Å². The van der Waals surface area contributed by atoms with Crippen molar-refractivity contribution in [2.45, 2.75) is 87.3 Å². The second-order valence-corrected chi connectivity index (χ2v) is 12.2. The Balaban J connectivity index is -0.00000116. The van der Waals surface area contributed by atoms with Crippen LogP contribution in [0.5, 0.6) is 0 Å². The van der Waals surface area contributed by atoms with E-state index in [4.69, 9.17) is 5.73 Å². The molecule has 9 nitrogen and oxygen atoms in total. The maximum atomic E-state index is 13.3. The Bertz CT molecular complexity index is 1090. The number of nitrogen functional groups attached to an aromatic ring is 1. The number of anilines is 1. The van der Waals surface area contributed by atoms with Gasteiger partial charge >= 0.3 is 0 Å². The number of allylic oxidation sites excluding steroid dienone is 1. The molecule has 0 saturated carbocycles. The quantitative estimate of drug-likeness (QED) is 0.181. The molecule has 2 rings (SSSR count). The van der Waals surface area contributed by atoms with E-state index in [9.17, 15) is 16.8 Å². The Morgan fingerprint density at radius 1 is 0.658 bits per heavy atom. The molecule has 0 atom stereocenters. The van der Waals surface area contributed by atoms with Gasteiger partial charge in [0, 0.05) is 27.4 Å². The first kappa shape index (κ1) is 43.5. The molecule has 0 spiro atoms. The van der Waals surface area contributed by atoms with Gasteiger partial charge in [-0.3, -0.25) is 0 Å². The van der Waals surface area contributed by atoms with Crippen molar-refractivity contribution in [3.05, 3.63) is 64.9 Å². The fourth-order valence-electron chi connectivity index (χ4n) is 3.69. The third-order valence-corrected chi connectivity index (χ3v) is 9.25. The zero-order valence-corrected chi connectivity index (χ0v) is 25.3. The number of benzene rings is 2. The number of sulfone groups is 2. The van der Waals surface area contributed by atoms with Crippen LogP contribution in [0.25, 0.3) is 0 Å². The number of rotatable bonds is 15. The smallest absolute Gasteiger partial charge is 0.203 e. The van der Waals surface area contributed by atoms with Gasteiger partial charge in [0.1, 0.15) is 0 Å². The van der Waals surface area contributed by atoms with Crippen molar-refractivity contribution < 1.29 is 60.5 Å². The molecule has 38 heavy (non-hydrogen) atoms. The third-order valence-electron chi connectivity index (χ3n) is 5.67. The summed E-state index contributed by atoms with van der Waals surface area (Å²) in [5.41, 5.74) is 6.14. The van der Waals surface area contributed by atoms with Crippen LogP contribution in [0, 0.1) is 0 Å². The van der Waals surface area contributed by atoms with Crippen molar-refractivity contribution in [3.8, 4) is 0 Å². The first-order valence-electron chi connectivity index (χ1n) is 11.9. The predicted molar refractivity (Wildman–Crippen MR) is 151 cm³/mol. The summed E-state index contributed by atoms with van der Waals surface area (Å²) in [7, 11) is -7.83. The second kappa shape index (κ2) is 22.3. The minimum atomic E-state index is -3.94. The summed E-state index contributed by atoms with van der Waals surface area (Å²) in [6, 6.07) is 13.8. The van der Waals surface area contributed by atoms with Crippen LogP contribution in [0.2, 0.25) is 0 Å². The average Bonchev–Trinajstić information content (AvgIpc) is 2.80. The van der Waals surface area contributed by atoms with Crippen LogP contribution < -0.4 is 5.73 Å². The predicted octanol–water partition coefficient (Wildman–Crippen LogP) is 3.37. The average molecular weight is 612 g/mol. The number of hydrogen-bond acceptors (Lipinski definition) is 5. The monoisotopic (exact) mass is 611 g/mol. The molecule has 2 aromatic carbocycles. The first-order valence-corrected chi connectivity index (χ1v) is 14.9. The van der Waals surface area contributed by atoms with Gasteiger partial charge in [0.25, 0.3) is 0 Å². The summed E-state index contributed by atoms with van der Waals surface area (Å²) in [5.74, 6) is 0. The molecule has 0 aromatic heterocycles. The molecule has 0 bridgehead atoms. The maximum Gasteiger partial charge on any atom is 0.203 e. The van der Waals surface area contributed by atoms with E-state index in [1.54, 1.807) is 18.2 Å². The van der Waals surface area contributed by atoms with Gasteiger partial charge < -0.3 is 27.6 Å². The minimum Gasteiger partial charge on any atom is -0.412 e. The van der Waals surface area contributed by atoms with Gasteiger partial charge in [0.2, 0.25) is 19.7 Å². The van der Waals surface area contributed by atoms with E-state index in [2.05, 4.69) is 6.92 Å². The summed E-state index contributed by atoms with van der Waals surface area (Å²) >= 11 is 0. The van der Waals surface area contributed by atoms with E-state index in [1.807, 2.05) is 0 Å². The zero-order chi connectivity index (χ0) is 24.2. The van der Waals surface area contributed by atoms with Crippen molar-refractivity contribution in [2.24, 2.45) is 0 Å². The van der Waals surface area contributed by atoms with E-state index in [0.29, 0.717) is 12.1 Å². The summed E-state index contributed by atoms with van der Waals surface area (Å²) in [4.78, 5) is 0.0621. The molecule has 218 valence electrons. The molecule has 0 unspecified atom stereocenters. The van der Waals surface area contributed by atoms with Crippen LogP contribution in [-0.4, -0.2) is 38.7 Å². The van der Waals surface area contributed by atoms with Crippen molar-refractivity contribution in [1.82, 2.24) is 0 Å². The molecule has 2 aromatic rings. The Morgan fingerprint density at radius 3 is 1.58 bits per heavy atom. The molecule has 0 fully saturated rings. The van der Waals surface area contributed by atoms with Crippen LogP contribution in [0.15, 0.2) is 74.7 Å². The van der Waals surface area contributed by atoms with Crippen LogP contribution in [-0.2, 0) is 41.4 Å². The second-order valence-electron chi connectivity index (χ2n) is 8.45. The Morgan fingerprint density at radius 2 is 1.11 bits per heavy atom. The van der Waals surface area contributed by atoms with Crippen molar-refractivity contribution in [3.63, 3.8) is 0 Å². The normalized spacial score (nSPS) is 11.0. The number of nitrogens with two attached hydrogens (primary N) is 1. The molecule has 0 aliphatic heterocycles. The SMILES string of the molecule is CCCCCCCCCCCC/C(=C/S(=O)(=O)c1ccccc1)S(=O)(=O)c1ccc(N)cc1.O.O.O.O.[Ti]. The Hall–Kier alpha value is -1.57. The van der Waals surface area contributed by atoms with E-state index in [0.717, 1.165) is 24.7 Å². The summed E-state index contributed by atoms with van der Waals surface area (Å²) in [6.07, 6.45) is 11.4. The van der Waals surface area contributed by atoms with Gasteiger partial charge in [-0.05, 0) is 49.2 Å². The van der Waals surface area contributed by atoms with E-state index in [1.165, 1.54) is 74.9 Å². The Kier molecular flexibility index (Phi) is 25.5. The number of hydrogen-bond donors (Lipinski definition) is 1. The van der Waals surface area contributed by atoms with Crippen molar-refractivity contribution >= 4 is 25.4 Å². The van der Waals surface area contributed by atoms with Crippen LogP contribution in [0.4, 0.5) is 5.69 Å². The molecular formula is C26H45NO8S2Ti. The van der Waals surface area contributed by atoms with E-state index in [-0.39, 0.29) is 64.7 Å². The fourth-order valence-corrected chi connectivity index (χ4v) is 6.93. The van der Waals surface area contributed by atoms with Gasteiger partial charge in [-0.1, -0.05) is 82.9 Å². The van der Waals surface area contributed by atoms with Gasteiger partial charge in [-0.15, -0.1) is 0 Å². The molecule has 12 heteroatoms. The van der Waals surface area contributed by atoms with Crippen molar-refractivity contribution in [1.29, 1.82) is 0 Å². The summed E-state index contributed by atoms with van der Waals surface area (Å²) in [5, 5.41) is 0.932. The maximum absolute atomic E-state index is 13.3. The summed E-state index contributed by atoms with van der Waals surface area (Å²) in [6.45, 7) is 2.21. The fraction of sp³-hybridized carbons (Fsp3) is 0.462. The molecule has 0 aliphatic rings. The van der Waals surface area contributed by atoms with Crippen LogP contribution >= 0.6 is 0 Å². The molecular weight excluding hydrogens is 566 g/mol.